The van der Waals surface area contributed by atoms with Gasteiger partial charge in [0, 0.05) is 68.0 Å². The number of pyridine rings is 1. The van der Waals surface area contributed by atoms with Crippen molar-refractivity contribution in [2.75, 3.05) is 56.2 Å². The van der Waals surface area contributed by atoms with Crippen LogP contribution in [0.5, 0.6) is 0 Å². The van der Waals surface area contributed by atoms with Crippen molar-refractivity contribution < 1.29 is 9.53 Å². The number of nitrogens with zero attached hydrogens (tertiary/aromatic N) is 6. The number of anilines is 2. The van der Waals surface area contributed by atoms with E-state index in [0.29, 0.717) is 25.8 Å². The molecule has 3 aliphatic rings. The number of carbonyl (C=O) groups excluding carboxylic acids is 1. The topological polar surface area (TPSA) is 98.8 Å². The average Bonchev–Trinajstić information content (AvgIpc) is 3.02. The van der Waals surface area contributed by atoms with E-state index >= 15 is 0 Å². The van der Waals surface area contributed by atoms with Crippen molar-refractivity contribution in [1.82, 2.24) is 30.1 Å². The molecule has 1 atom stereocenters. The van der Waals surface area contributed by atoms with E-state index in [9.17, 15) is 4.79 Å². The molecule has 42 heavy (non-hydrogen) atoms. The lowest BCUT2D eigenvalue weighted by molar-refractivity contribution is 0.0922. The Morgan fingerprint density at radius 3 is 2.64 bits per heavy atom. The molecule has 1 aromatic carbocycles. The molecule has 0 radical (unpaired) electrons. The smallest absolute Gasteiger partial charge is 0.319 e. The highest BCUT2D eigenvalue weighted by molar-refractivity contribution is 5.89. The van der Waals surface area contributed by atoms with E-state index in [1.54, 1.807) is 0 Å². The Morgan fingerprint density at radius 2 is 1.90 bits per heavy atom. The first-order valence-electron chi connectivity index (χ1n) is 15.3. The number of morpholine rings is 1. The monoisotopic (exact) mass is 570 g/mol. The highest BCUT2D eigenvalue weighted by atomic mass is 16.5. The van der Waals surface area contributed by atoms with Crippen LogP contribution in [0.15, 0.2) is 48.8 Å². The third-order valence-corrected chi connectivity index (χ3v) is 8.65. The minimum atomic E-state index is -0.207. The van der Waals surface area contributed by atoms with Crippen LogP contribution in [0.1, 0.15) is 43.5 Å². The molecule has 0 saturated carbocycles. The van der Waals surface area contributed by atoms with Crippen LogP contribution < -0.4 is 15.5 Å². The van der Waals surface area contributed by atoms with Crippen molar-refractivity contribution >= 4 is 17.5 Å². The molecule has 6 rings (SSSR count). The molecule has 1 unspecified atom stereocenters. The number of rotatable bonds is 7. The van der Waals surface area contributed by atoms with Crippen molar-refractivity contribution in [3.8, 4) is 11.4 Å². The van der Waals surface area contributed by atoms with Gasteiger partial charge >= 0.3 is 6.03 Å². The predicted molar refractivity (Wildman–Crippen MR) is 164 cm³/mol. The first kappa shape index (κ1) is 28.5. The Hall–Kier alpha value is -3.60. The van der Waals surface area contributed by atoms with Crippen molar-refractivity contribution in [2.45, 2.75) is 58.3 Å². The van der Waals surface area contributed by atoms with Gasteiger partial charge in [0.2, 0.25) is 0 Å². The lowest BCUT2D eigenvalue weighted by Crippen LogP contribution is -2.48. The summed E-state index contributed by atoms with van der Waals surface area (Å²) in [4.78, 5) is 34.2. The van der Waals surface area contributed by atoms with Gasteiger partial charge in [0.1, 0.15) is 5.82 Å². The molecule has 2 saturated heterocycles. The fraction of sp³-hybridized carbons (Fsp3) is 0.500. The second kappa shape index (κ2) is 13.1. The number of fused-ring (bicyclic) bond motifs is 1. The lowest BCUT2D eigenvalue weighted by atomic mass is 9.97. The van der Waals surface area contributed by atoms with Gasteiger partial charge in [0.05, 0.1) is 24.9 Å². The van der Waals surface area contributed by atoms with E-state index in [2.05, 4.69) is 43.3 Å². The number of hydrogen-bond donors (Lipinski definition) is 2. The van der Waals surface area contributed by atoms with Gasteiger partial charge in [-0.15, -0.1) is 0 Å². The maximum absolute atomic E-state index is 12.0. The summed E-state index contributed by atoms with van der Waals surface area (Å²) in [5.74, 6) is 1.79. The molecule has 10 nitrogen and oxygen atoms in total. The average molecular weight is 571 g/mol. The molecule has 0 spiro atoms. The number of carbonyl (C=O) groups is 1. The number of aromatic nitrogens is 3. The summed E-state index contributed by atoms with van der Waals surface area (Å²) < 4.78 is 5.76. The van der Waals surface area contributed by atoms with E-state index in [0.717, 1.165) is 74.3 Å². The summed E-state index contributed by atoms with van der Waals surface area (Å²) in [7, 11) is 0. The molecule has 2 amide bonds. The van der Waals surface area contributed by atoms with Crippen LogP contribution >= 0.6 is 0 Å². The Bertz CT molecular complexity index is 1340. The summed E-state index contributed by atoms with van der Waals surface area (Å²) in [6.07, 6.45) is 7.11. The number of nitrogens with one attached hydrogen (secondary N) is 2. The molecular weight excluding hydrogens is 528 g/mol. The summed E-state index contributed by atoms with van der Waals surface area (Å²) in [6, 6.07) is 12.6. The van der Waals surface area contributed by atoms with Gasteiger partial charge in [-0.05, 0) is 82.1 Å². The van der Waals surface area contributed by atoms with Crippen molar-refractivity contribution in [3.05, 3.63) is 65.6 Å². The van der Waals surface area contributed by atoms with Crippen LogP contribution in [0.3, 0.4) is 0 Å². The number of hydrogen-bond acceptors (Lipinski definition) is 8. The van der Waals surface area contributed by atoms with Crippen LogP contribution in [0.2, 0.25) is 0 Å². The third-order valence-electron chi connectivity index (χ3n) is 8.65. The number of piperidine rings is 1. The Labute approximate surface area is 248 Å². The molecule has 2 fully saturated rings. The fourth-order valence-corrected chi connectivity index (χ4v) is 6.38. The van der Waals surface area contributed by atoms with Crippen molar-refractivity contribution in [1.29, 1.82) is 0 Å². The summed E-state index contributed by atoms with van der Waals surface area (Å²) in [6.45, 7) is 12.0. The Morgan fingerprint density at radius 1 is 1.07 bits per heavy atom. The predicted octanol–water partition coefficient (Wildman–Crippen LogP) is 3.93. The minimum absolute atomic E-state index is 0.207. The molecular formula is C32H42N8O2. The zero-order valence-electron chi connectivity index (χ0n) is 24.8. The fourth-order valence-electron chi connectivity index (χ4n) is 6.38. The number of ether oxygens (including phenoxy) is 1. The van der Waals surface area contributed by atoms with Crippen LogP contribution in [-0.2, 0) is 24.2 Å². The molecule has 222 valence electrons. The van der Waals surface area contributed by atoms with Gasteiger partial charge in [-0.1, -0.05) is 6.07 Å². The van der Waals surface area contributed by atoms with E-state index < -0.39 is 0 Å². The first-order valence-corrected chi connectivity index (χ1v) is 15.3. The zero-order chi connectivity index (χ0) is 28.9. The molecule has 3 aliphatic heterocycles. The van der Waals surface area contributed by atoms with E-state index in [1.165, 1.54) is 24.0 Å². The number of amides is 2. The normalized spacial score (nSPS) is 20.2. The van der Waals surface area contributed by atoms with E-state index in [4.69, 9.17) is 14.7 Å². The van der Waals surface area contributed by atoms with E-state index in [-0.39, 0.29) is 12.1 Å². The molecule has 0 bridgehead atoms. The van der Waals surface area contributed by atoms with Crippen LogP contribution in [0, 0.1) is 0 Å². The van der Waals surface area contributed by atoms with Gasteiger partial charge in [-0.2, -0.15) is 0 Å². The third kappa shape index (κ3) is 6.56. The molecule has 5 heterocycles. The van der Waals surface area contributed by atoms with Crippen molar-refractivity contribution in [2.24, 2.45) is 0 Å². The van der Waals surface area contributed by atoms with Crippen molar-refractivity contribution in [3.63, 3.8) is 0 Å². The van der Waals surface area contributed by atoms with E-state index in [1.807, 2.05) is 49.6 Å². The zero-order valence-corrected chi connectivity index (χ0v) is 24.8. The SMILES string of the molecule is CCNC(=O)Nc1ccc(-c2nc3c(c(N4CCOCC4C)n2)CCN(C2CCN(Cc4cccnc4)CC2)C3)cc1. The molecule has 0 aliphatic carbocycles. The molecule has 3 aromatic rings. The van der Waals surface area contributed by atoms with Crippen LogP contribution in [0.25, 0.3) is 11.4 Å². The Kier molecular flexibility index (Phi) is 8.92. The summed E-state index contributed by atoms with van der Waals surface area (Å²) in [5.41, 5.74) is 5.40. The van der Waals surface area contributed by atoms with Gasteiger partial charge in [-0.3, -0.25) is 14.8 Å². The Balaban J connectivity index is 1.21. The summed E-state index contributed by atoms with van der Waals surface area (Å²) >= 11 is 0. The summed E-state index contributed by atoms with van der Waals surface area (Å²) in [5, 5.41) is 5.64. The second-order valence-electron chi connectivity index (χ2n) is 11.6. The number of likely N-dealkylation sites (tertiary alicyclic amines) is 1. The minimum Gasteiger partial charge on any atom is -0.377 e. The standard InChI is InChI=1S/C32H42N8O2/c1-3-34-32(41)35-26-8-6-25(7-9-26)30-36-29-21-39(16-12-28(29)31(37-30)40-17-18-42-22-23(40)2)27-10-14-38(15-11-27)20-24-5-4-13-33-19-24/h4-9,13,19,23,27H,3,10-12,14-18,20-22H2,1-2H3,(H2,34,35,41). The molecule has 2 aromatic heterocycles. The van der Waals surface area contributed by atoms with Gasteiger partial charge in [0.25, 0.3) is 0 Å². The first-order chi connectivity index (χ1) is 20.6. The van der Waals surface area contributed by atoms with Gasteiger partial charge in [-0.25, -0.2) is 14.8 Å². The van der Waals surface area contributed by atoms with Gasteiger partial charge < -0.3 is 20.3 Å². The molecule has 2 N–H and O–H groups in total. The number of benzene rings is 1. The maximum Gasteiger partial charge on any atom is 0.319 e. The highest BCUT2D eigenvalue weighted by Crippen LogP contribution is 2.33. The van der Waals surface area contributed by atoms with Crippen LogP contribution in [0.4, 0.5) is 16.3 Å². The second-order valence-corrected chi connectivity index (χ2v) is 11.6. The lowest BCUT2D eigenvalue weighted by Gasteiger charge is -2.42. The highest BCUT2D eigenvalue weighted by Gasteiger charge is 2.32. The van der Waals surface area contributed by atoms with Gasteiger partial charge in [0.15, 0.2) is 5.82 Å². The number of urea groups is 1. The largest absolute Gasteiger partial charge is 0.377 e. The maximum atomic E-state index is 12.0. The quantitative estimate of drug-likeness (QED) is 0.441. The molecule has 10 heteroatoms. The van der Waals surface area contributed by atoms with Crippen LogP contribution in [-0.4, -0.2) is 88.8 Å².